The summed E-state index contributed by atoms with van der Waals surface area (Å²) in [5.74, 6) is 1.98. The Bertz CT molecular complexity index is 3860. The summed E-state index contributed by atoms with van der Waals surface area (Å²) in [6.07, 6.45) is 0. The molecule has 294 valence electrons. The molecule has 13 rings (SSSR count). The van der Waals surface area contributed by atoms with Crippen LogP contribution in [-0.2, 0) is 0 Å². The molecule has 0 amide bonds. The van der Waals surface area contributed by atoms with Crippen molar-refractivity contribution in [1.29, 1.82) is 0 Å². The maximum atomic E-state index is 5.13. The van der Waals surface area contributed by atoms with E-state index in [0.29, 0.717) is 17.5 Å². The zero-order valence-electron chi connectivity index (χ0n) is 33.7. The molecule has 0 bridgehead atoms. The third-order valence-electron chi connectivity index (χ3n) is 12.3. The van der Waals surface area contributed by atoms with Crippen molar-refractivity contribution >= 4 is 84.8 Å². The first-order valence-corrected chi connectivity index (χ1v) is 22.7. The van der Waals surface area contributed by atoms with Crippen LogP contribution in [0.4, 0.5) is 0 Å². The molecule has 0 spiro atoms. The van der Waals surface area contributed by atoms with E-state index < -0.39 is 0 Å². The standard InChI is InChI=1S/C57H34N4S2/c1-3-14-35(15-4-1)55-58-56(36-16-5-2-6-17-36)60-57(59-55)45-24-13-27-52-53(45)47-34-38(29-31-51(47)62-52)37-28-30-49-46(33-37)42-20-7-9-25-48(42)61(49)40-19-11-18-39(32-40)41-22-12-23-44-43-21-8-10-26-50(43)63-54(41)44/h1-34H. The van der Waals surface area contributed by atoms with Gasteiger partial charge in [0.15, 0.2) is 17.5 Å². The maximum Gasteiger partial charge on any atom is 0.164 e. The first-order chi connectivity index (χ1) is 31.2. The van der Waals surface area contributed by atoms with E-state index in [4.69, 9.17) is 15.0 Å². The molecule has 0 atom stereocenters. The van der Waals surface area contributed by atoms with Gasteiger partial charge in [-0.15, -0.1) is 22.7 Å². The first-order valence-electron chi connectivity index (χ1n) is 21.1. The summed E-state index contributed by atoms with van der Waals surface area (Å²) in [6, 6.07) is 73.9. The largest absolute Gasteiger partial charge is 0.309 e. The molecule has 0 aliphatic rings. The molecular weight excluding hydrogens is 805 g/mol. The molecule has 9 aromatic carbocycles. The topological polar surface area (TPSA) is 43.6 Å². The molecule has 4 aromatic heterocycles. The summed E-state index contributed by atoms with van der Waals surface area (Å²) < 4.78 is 7.50. The number of thiophene rings is 2. The van der Waals surface area contributed by atoms with Gasteiger partial charge in [-0.2, -0.15) is 0 Å². The number of rotatable bonds is 6. The van der Waals surface area contributed by atoms with Gasteiger partial charge in [-0.25, -0.2) is 15.0 Å². The minimum atomic E-state index is 0.657. The number of hydrogen-bond acceptors (Lipinski definition) is 5. The molecule has 0 N–H and O–H groups in total. The highest BCUT2D eigenvalue weighted by Crippen LogP contribution is 2.44. The number of benzene rings is 9. The van der Waals surface area contributed by atoms with Gasteiger partial charge in [0.2, 0.25) is 0 Å². The summed E-state index contributed by atoms with van der Waals surface area (Å²) >= 11 is 3.68. The van der Waals surface area contributed by atoms with E-state index >= 15 is 0 Å². The molecule has 4 nitrogen and oxygen atoms in total. The van der Waals surface area contributed by atoms with Crippen LogP contribution in [-0.4, -0.2) is 19.5 Å². The number of aromatic nitrogens is 4. The summed E-state index contributed by atoms with van der Waals surface area (Å²) in [7, 11) is 0. The predicted octanol–water partition coefficient (Wildman–Crippen LogP) is 16.0. The quantitative estimate of drug-likeness (QED) is 0.168. The van der Waals surface area contributed by atoms with E-state index in [1.54, 1.807) is 0 Å². The third-order valence-corrected chi connectivity index (χ3v) is 14.6. The van der Waals surface area contributed by atoms with Crippen LogP contribution in [0.15, 0.2) is 206 Å². The van der Waals surface area contributed by atoms with Gasteiger partial charge < -0.3 is 4.57 Å². The normalized spacial score (nSPS) is 11.8. The van der Waals surface area contributed by atoms with E-state index in [1.807, 2.05) is 59.1 Å². The maximum absolute atomic E-state index is 5.13. The Labute approximate surface area is 370 Å². The lowest BCUT2D eigenvalue weighted by Crippen LogP contribution is -2.00. The fourth-order valence-corrected chi connectivity index (χ4v) is 11.7. The second kappa shape index (κ2) is 14.4. The lowest BCUT2D eigenvalue weighted by Gasteiger charge is -2.11. The van der Waals surface area contributed by atoms with Crippen LogP contribution in [0.5, 0.6) is 0 Å². The van der Waals surface area contributed by atoms with Crippen LogP contribution < -0.4 is 0 Å². The lowest BCUT2D eigenvalue weighted by atomic mass is 9.99. The fraction of sp³-hybridized carbons (Fsp3) is 0. The van der Waals surface area contributed by atoms with Crippen LogP contribution >= 0.6 is 22.7 Å². The third kappa shape index (κ3) is 5.91. The molecule has 0 radical (unpaired) electrons. The second-order valence-electron chi connectivity index (χ2n) is 15.9. The second-order valence-corrected chi connectivity index (χ2v) is 18.1. The monoisotopic (exact) mass is 838 g/mol. The van der Waals surface area contributed by atoms with Gasteiger partial charge in [-0.3, -0.25) is 0 Å². The Morgan fingerprint density at radius 3 is 1.70 bits per heavy atom. The smallest absolute Gasteiger partial charge is 0.164 e. The fourth-order valence-electron chi connectivity index (χ4n) is 9.34. The van der Waals surface area contributed by atoms with E-state index in [0.717, 1.165) is 27.8 Å². The van der Waals surface area contributed by atoms with Crippen molar-refractivity contribution in [3.63, 3.8) is 0 Å². The van der Waals surface area contributed by atoms with Crippen molar-refractivity contribution in [2.24, 2.45) is 0 Å². The molecule has 0 saturated heterocycles. The first kappa shape index (κ1) is 35.9. The molecule has 0 fully saturated rings. The molecule has 0 aliphatic carbocycles. The Balaban J connectivity index is 0.945. The molecule has 6 heteroatoms. The van der Waals surface area contributed by atoms with Crippen molar-refractivity contribution in [2.45, 2.75) is 0 Å². The van der Waals surface area contributed by atoms with Crippen molar-refractivity contribution < 1.29 is 0 Å². The summed E-state index contributed by atoms with van der Waals surface area (Å²) in [5.41, 5.74) is 11.2. The average Bonchev–Trinajstić information content (AvgIpc) is 4.04. The van der Waals surface area contributed by atoms with Gasteiger partial charge in [-0.05, 0) is 76.9 Å². The van der Waals surface area contributed by atoms with Crippen molar-refractivity contribution in [2.75, 3.05) is 0 Å². The molecule has 0 saturated carbocycles. The Morgan fingerprint density at radius 2 is 0.889 bits per heavy atom. The molecule has 0 unspecified atom stereocenters. The van der Waals surface area contributed by atoms with E-state index in [1.165, 1.54) is 79.0 Å². The minimum absolute atomic E-state index is 0.657. The van der Waals surface area contributed by atoms with E-state index in [-0.39, 0.29) is 0 Å². The Kier molecular flexibility index (Phi) is 8.22. The zero-order valence-corrected chi connectivity index (χ0v) is 35.4. The number of hydrogen-bond donors (Lipinski definition) is 0. The van der Waals surface area contributed by atoms with Gasteiger partial charge in [0.05, 0.1) is 11.0 Å². The SMILES string of the molecule is c1ccc(-c2nc(-c3ccccc3)nc(-c3cccc4sc5ccc(-c6ccc7c(c6)c6ccccc6n7-c6cccc(-c7cccc8c7sc7ccccc78)c6)cc5c34)n2)cc1. The van der Waals surface area contributed by atoms with Gasteiger partial charge in [0, 0.05) is 73.5 Å². The molecule has 63 heavy (non-hydrogen) atoms. The van der Waals surface area contributed by atoms with Crippen molar-refractivity contribution in [3.05, 3.63) is 206 Å². The van der Waals surface area contributed by atoms with Gasteiger partial charge in [0.25, 0.3) is 0 Å². The Morgan fingerprint density at radius 1 is 0.317 bits per heavy atom. The van der Waals surface area contributed by atoms with Gasteiger partial charge >= 0.3 is 0 Å². The number of fused-ring (bicyclic) bond motifs is 9. The van der Waals surface area contributed by atoms with Crippen LogP contribution in [0.25, 0.3) is 124 Å². The van der Waals surface area contributed by atoms with Crippen LogP contribution in [0.1, 0.15) is 0 Å². The van der Waals surface area contributed by atoms with Crippen LogP contribution in [0.3, 0.4) is 0 Å². The average molecular weight is 839 g/mol. The van der Waals surface area contributed by atoms with Gasteiger partial charge in [0.1, 0.15) is 0 Å². The lowest BCUT2D eigenvalue weighted by molar-refractivity contribution is 1.08. The summed E-state index contributed by atoms with van der Waals surface area (Å²) in [4.78, 5) is 15.2. The number of para-hydroxylation sites is 1. The summed E-state index contributed by atoms with van der Waals surface area (Å²) in [6.45, 7) is 0. The van der Waals surface area contributed by atoms with Crippen molar-refractivity contribution in [1.82, 2.24) is 19.5 Å². The van der Waals surface area contributed by atoms with Gasteiger partial charge in [-0.1, -0.05) is 152 Å². The zero-order chi connectivity index (χ0) is 41.4. The highest BCUT2D eigenvalue weighted by atomic mass is 32.1. The van der Waals surface area contributed by atoms with Crippen LogP contribution in [0, 0.1) is 0 Å². The molecule has 4 heterocycles. The predicted molar refractivity (Wildman–Crippen MR) is 267 cm³/mol. The molecular formula is C57H34N4S2. The Hall–Kier alpha value is -7.77. The minimum Gasteiger partial charge on any atom is -0.309 e. The molecule has 0 aliphatic heterocycles. The van der Waals surface area contributed by atoms with E-state index in [9.17, 15) is 0 Å². The number of nitrogens with zero attached hydrogens (tertiary/aromatic N) is 4. The highest BCUT2D eigenvalue weighted by molar-refractivity contribution is 7.26. The van der Waals surface area contributed by atoms with Crippen LogP contribution in [0.2, 0.25) is 0 Å². The molecule has 13 aromatic rings. The highest BCUT2D eigenvalue weighted by Gasteiger charge is 2.19. The van der Waals surface area contributed by atoms with Crippen molar-refractivity contribution in [3.8, 4) is 62.1 Å². The van der Waals surface area contributed by atoms with E-state index in [2.05, 4.69) is 174 Å². The summed E-state index contributed by atoms with van der Waals surface area (Å²) in [5, 5.41) is 7.44.